The normalized spacial score (nSPS) is 11.6. The van der Waals surface area contributed by atoms with Gasteiger partial charge in [-0.1, -0.05) is 25.1 Å². The number of aliphatic hydroxyl groups is 1. The van der Waals surface area contributed by atoms with Gasteiger partial charge in [0, 0.05) is 6.42 Å². The maximum atomic E-state index is 12.0. The van der Waals surface area contributed by atoms with Gasteiger partial charge in [-0.3, -0.25) is 4.79 Å². The second-order valence-corrected chi connectivity index (χ2v) is 4.30. The number of aliphatic carboxylic acids is 1. The predicted octanol–water partition coefficient (Wildman–Crippen LogP) is 0.751. The third kappa shape index (κ3) is 4.03. The van der Waals surface area contributed by atoms with Crippen molar-refractivity contribution in [3.63, 3.8) is 0 Å². The second kappa shape index (κ2) is 7.39. The van der Waals surface area contributed by atoms with Crippen LogP contribution in [-0.2, 0) is 14.4 Å². The number of hydroxylamine groups is 2. The molecule has 0 saturated heterocycles. The molecule has 7 nitrogen and oxygen atoms in total. The lowest BCUT2D eigenvalue weighted by atomic mass is 10.1. The Kier molecular flexibility index (Phi) is 5.86. The molecule has 0 saturated carbocycles. The van der Waals surface area contributed by atoms with Gasteiger partial charge >= 0.3 is 11.9 Å². The van der Waals surface area contributed by atoms with Crippen molar-refractivity contribution < 1.29 is 29.4 Å². The lowest BCUT2D eigenvalue weighted by Gasteiger charge is -2.25. The molecule has 0 aliphatic carbocycles. The van der Waals surface area contributed by atoms with E-state index < -0.39 is 30.5 Å². The van der Waals surface area contributed by atoms with E-state index in [4.69, 9.17) is 15.1 Å². The molecule has 0 aliphatic heterocycles. The second-order valence-electron chi connectivity index (χ2n) is 4.30. The average molecular weight is 295 g/mol. The van der Waals surface area contributed by atoms with Gasteiger partial charge in [-0.15, -0.1) is 0 Å². The third-order valence-electron chi connectivity index (χ3n) is 2.84. The molecule has 0 aromatic heterocycles. The maximum absolute atomic E-state index is 12.0. The minimum Gasteiger partial charge on any atom is -0.480 e. The number of hydrogen-bond acceptors (Lipinski definition) is 5. The van der Waals surface area contributed by atoms with Crippen molar-refractivity contribution in [1.29, 1.82) is 0 Å². The van der Waals surface area contributed by atoms with Crippen molar-refractivity contribution in [1.82, 2.24) is 5.06 Å². The zero-order chi connectivity index (χ0) is 16.0. The zero-order valence-corrected chi connectivity index (χ0v) is 11.8. The van der Waals surface area contributed by atoms with Crippen molar-refractivity contribution in [3.05, 3.63) is 35.4 Å². The Hall–Kier alpha value is -2.41. The standard InChI is InChI=1S/C14H17NO6/c1-3-12(17)15(11(8-16)13(18)19)21-14(20)10-7-5-4-6-9(10)2/h4-7,11,16H,3,8H2,1-2H3,(H,18,19)/t11-/m0/s1. The van der Waals surface area contributed by atoms with Crippen LogP contribution in [0.2, 0.25) is 0 Å². The fraction of sp³-hybridized carbons (Fsp3) is 0.357. The summed E-state index contributed by atoms with van der Waals surface area (Å²) in [6.45, 7) is 2.32. The fourth-order valence-corrected chi connectivity index (χ4v) is 1.64. The van der Waals surface area contributed by atoms with Gasteiger partial charge in [0.05, 0.1) is 12.2 Å². The SMILES string of the molecule is CCC(=O)N(OC(=O)c1ccccc1C)[C@@H](CO)C(=O)O. The molecule has 0 bridgehead atoms. The summed E-state index contributed by atoms with van der Waals surface area (Å²) in [7, 11) is 0. The highest BCUT2D eigenvalue weighted by Crippen LogP contribution is 2.12. The first kappa shape index (κ1) is 16.6. The molecule has 114 valence electrons. The molecule has 1 rings (SSSR count). The van der Waals surface area contributed by atoms with Crippen LogP contribution in [0.3, 0.4) is 0 Å². The Balaban J connectivity index is 3.02. The largest absolute Gasteiger partial charge is 0.480 e. The summed E-state index contributed by atoms with van der Waals surface area (Å²) < 4.78 is 0. The number of rotatable bonds is 5. The molecule has 0 fully saturated rings. The minimum absolute atomic E-state index is 0.0647. The lowest BCUT2D eigenvalue weighted by Crippen LogP contribution is -2.48. The van der Waals surface area contributed by atoms with Crippen molar-refractivity contribution in [3.8, 4) is 0 Å². The first-order valence-corrected chi connectivity index (χ1v) is 6.36. The number of aryl methyl sites for hydroxylation is 1. The molecule has 7 heteroatoms. The van der Waals surface area contributed by atoms with E-state index in [0.717, 1.165) is 0 Å². The summed E-state index contributed by atoms with van der Waals surface area (Å²) in [6.07, 6.45) is -0.0647. The molecule has 2 N–H and O–H groups in total. The smallest absolute Gasteiger partial charge is 0.363 e. The van der Waals surface area contributed by atoms with Crippen LogP contribution in [0.1, 0.15) is 29.3 Å². The summed E-state index contributed by atoms with van der Waals surface area (Å²) >= 11 is 0. The van der Waals surface area contributed by atoms with Crippen molar-refractivity contribution in [2.45, 2.75) is 26.3 Å². The van der Waals surface area contributed by atoms with Gasteiger partial charge in [-0.25, -0.2) is 9.59 Å². The van der Waals surface area contributed by atoms with Gasteiger partial charge in [0.25, 0.3) is 5.91 Å². The van der Waals surface area contributed by atoms with Crippen molar-refractivity contribution in [2.24, 2.45) is 0 Å². The Morgan fingerprint density at radius 1 is 1.29 bits per heavy atom. The number of aliphatic hydroxyl groups excluding tert-OH is 1. The summed E-state index contributed by atoms with van der Waals surface area (Å²) in [5, 5.41) is 18.5. The van der Waals surface area contributed by atoms with Crippen LogP contribution < -0.4 is 0 Å². The van der Waals surface area contributed by atoms with Gasteiger partial charge in [-0.2, -0.15) is 5.06 Å². The van der Waals surface area contributed by atoms with E-state index in [-0.39, 0.29) is 12.0 Å². The van der Waals surface area contributed by atoms with E-state index >= 15 is 0 Å². The molecule has 0 spiro atoms. The molecule has 1 aromatic rings. The monoisotopic (exact) mass is 295 g/mol. The van der Waals surface area contributed by atoms with Crippen LogP contribution in [-0.4, -0.2) is 45.8 Å². The van der Waals surface area contributed by atoms with Crippen LogP contribution in [0.5, 0.6) is 0 Å². The molecule has 0 heterocycles. The first-order chi connectivity index (χ1) is 9.92. The predicted molar refractivity (Wildman–Crippen MR) is 72.2 cm³/mol. The molecule has 0 radical (unpaired) electrons. The van der Waals surface area contributed by atoms with Crippen molar-refractivity contribution in [2.75, 3.05) is 6.61 Å². The van der Waals surface area contributed by atoms with Gasteiger partial charge in [0.15, 0.2) is 6.04 Å². The highest BCUT2D eigenvalue weighted by Gasteiger charge is 2.32. The highest BCUT2D eigenvalue weighted by molar-refractivity contribution is 5.92. The van der Waals surface area contributed by atoms with E-state index in [1.54, 1.807) is 25.1 Å². The Morgan fingerprint density at radius 3 is 2.38 bits per heavy atom. The molecule has 0 aliphatic rings. The summed E-state index contributed by atoms with van der Waals surface area (Å²) in [5.74, 6) is -3.02. The van der Waals surface area contributed by atoms with E-state index in [2.05, 4.69) is 0 Å². The number of hydrogen-bond donors (Lipinski definition) is 2. The summed E-state index contributed by atoms with van der Waals surface area (Å²) in [6, 6.07) is 4.90. The molecule has 1 atom stereocenters. The van der Waals surface area contributed by atoms with Crippen LogP contribution in [0.25, 0.3) is 0 Å². The molecular weight excluding hydrogens is 278 g/mol. The van der Waals surface area contributed by atoms with Gasteiger partial charge < -0.3 is 15.1 Å². The van der Waals surface area contributed by atoms with Crippen molar-refractivity contribution >= 4 is 17.8 Å². The molecular formula is C14H17NO6. The van der Waals surface area contributed by atoms with E-state index in [1.165, 1.54) is 13.0 Å². The molecule has 1 aromatic carbocycles. The van der Waals surface area contributed by atoms with Crippen LogP contribution in [0.4, 0.5) is 0 Å². The van der Waals surface area contributed by atoms with Gasteiger partial charge in [0.1, 0.15) is 0 Å². The first-order valence-electron chi connectivity index (χ1n) is 6.36. The zero-order valence-electron chi connectivity index (χ0n) is 11.8. The fourth-order valence-electron chi connectivity index (χ4n) is 1.64. The average Bonchev–Trinajstić information content (AvgIpc) is 2.46. The number of amides is 1. The van der Waals surface area contributed by atoms with E-state index in [9.17, 15) is 14.4 Å². The van der Waals surface area contributed by atoms with E-state index in [1.807, 2.05) is 0 Å². The number of carboxylic acids is 1. The lowest BCUT2D eigenvalue weighted by molar-refractivity contribution is -0.190. The third-order valence-corrected chi connectivity index (χ3v) is 2.84. The molecule has 0 unspecified atom stereocenters. The topological polar surface area (TPSA) is 104 Å². The number of carbonyl (C=O) groups is 3. The summed E-state index contributed by atoms with van der Waals surface area (Å²) in [5.41, 5.74) is 0.843. The number of carboxylic acid groups (broad SMARTS) is 1. The highest BCUT2D eigenvalue weighted by atomic mass is 16.7. The Morgan fingerprint density at radius 2 is 1.90 bits per heavy atom. The van der Waals surface area contributed by atoms with E-state index in [0.29, 0.717) is 10.6 Å². The number of benzene rings is 1. The molecule has 21 heavy (non-hydrogen) atoms. The Bertz CT molecular complexity index is 542. The number of nitrogens with zero attached hydrogens (tertiary/aromatic N) is 1. The van der Waals surface area contributed by atoms with Gasteiger partial charge in [0.2, 0.25) is 0 Å². The summed E-state index contributed by atoms with van der Waals surface area (Å²) in [4.78, 5) is 39.7. The Labute approximate surface area is 121 Å². The maximum Gasteiger partial charge on any atom is 0.363 e. The number of carbonyl (C=O) groups excluding carboxylic acids is 2. The quantitative estimate of drug-likeness (QED) is 0.777. The van der Waals surface area contributed by atoms with Gasteiger partial charge in [-0.05, 0) is 18.6 Å². The van der Waals surface area contributed by atoms with Crippen LogP contribution in [0, 0.1) is 6.92 Å². The minimum atomic E-state index is -1.63. The van der Waals surface area contributed by atoms with Crippen LogP contribution >= 0.6 is 0 Å². The molecule has 1 amide bonds. The van der Waals surface area contributed by atoms with Crippen LogP contribution in [0.15, 0.2) is 24.3 Å².